The van der Waals surface area contributed by atoms with Crippen LogP contribution in [0.3, 0.4) is 0 Å². The number of aromatic nitrogens is 6. The number of carbonyl (C=O) groups is 2. The number of aromatic amines is 2. The number of hydrogen-bond acceptors (Lipinski definition) is 6. The second-order valence-corrected chi connectivity index (χ2v) is 4.89. The molecule has 0 unspecified atom stereocenters. The molecule has 122 valence electrons. The molecule has 0 radical (unpaired) electrons. The summed E-state index contributed by atoms with van der Waals surface area (Å²) in [7, 11) is 0. The molecule has 0 saturated carbocycles. The van der Waals surface area contributed by atoms with Crippen LogP contribution in [0.2, 0.25) is 0 Å². The van der Waals surface area contributed by atoms with Gasteiger partial charge in [0.1, 0.15) is 11.6 Å². The molecule has 4 N–H and O–H groups in total. The van der Waals surface area contributed by atoms with Crippen molar-refractivity contribution < 1.29 is 9.59 Å². The van der Waals surface area contributed by atoms with Crippen LogP contribution in [0.4, 0.5) is 0 Å². The standard InChI is InChI=1S/C14H14N8O2/c15-12(23)9-5-20-13(21-6-9)14(24)22(7-10-16-1-2-17-10)8-11-18-3-4-19-11/h1-6H,7-8H2,(H2,15,23)(H,16,17)(H,18,19). The molecular weight excluding hydrogens is 312 g/mol. The minimum absolute atomic E-state index is 0.0434. The van der Waals surface area contributed by atoms with Gasteiger partial charge in [-0.05, 0) is 0 Å². The summed E-state index contributed by atoms with van der Waals surface area (Å²) < 4.78 is 0. The van der Waals surface area contributed by atoms with Crippen molar-refractivity contribution in [1.82, 2.24) is 34.8 Å². The van der Waals surface area contributed by atoms with Gasteiger partial charge < -0.3 is 20.6 Å². The van der Waals surface area contributed by atoms with Crippen LogP contribution in [-0.4, -0.2) is 46.6 Å². The summed E-state index contributed by atoms with van der Waals surface area (Å²) in [6, 6.07) is 0. The van der Waals surface area contributed by atoms with E-state index in [1.54, 1.807) is 24.8 Å². The molecule has 10 nitrogen and oxygen atoms in total. The predicted octanol–water partition coefficient (Wildman–Crippen LogP) is -0.136. The summed E-state index contributed by atoms with van der Waals surface area (Å²) in [5, 5.41) is 0. The highest BCUT2D eigenvalue weighted by Gasteiger charge is 2.21. The van der Waals surface area contributed by atoms with Crippen LogP contribution in [0.15, 0.2) is 37.2 Å². The van der Waals surface area contributed by atoms with Crippen molar-refractivity contribution in [2.45, 2.75) is 13.1 Å². The van der Waals surface area contributed by atoms with Crippen LogP contribution in [0.1, 0.15) is 32.6 Å². The average Bonchev–Trinajstić information content (AvgIpc) is 3.27. The van der Waals surface area contributed by atoms with Gasteiger partial charge in [-0.25, -0.2) is 19.9 Å². The van der Waals surface area contributed by atoms with Crippen molar-refractivity contribution in [3.05, 3.63) is 60.2 Å². The van der Waals surface area contributed by atoms with Crippen molar-refractivity contribution in [3.63, 3.8) is 0 Å². The summed E-state index contributed by atoms with van der Waals surface area (Å²) >= 11 is 0. The fourth-order valence-electron chi connectivity index (χ4n) is 2.04. The first-order valence-corrected chi connectivity index (χ1v) is 7.01. The Morgan fingerprint density at radius 1 is 0.958 bits per heavy atom. The van der Waals surface area contributed by atoms with E-state index in [1.807, 2.05) is 0 Å². The first-order valence-electron chi connectivity index (χ1n) is 7.01. The largest absolute Gasteiger partial charge is 0.366 e. The first-order chi connectivity index (χ1) is 11.6. The smallest absolute Gasteiger partial charge is 0.292 e. The lowest BCUT2D eigenvalue weighted by Crippen LogP contribution is -2.32. The second kappa shape index (κ2) is 6.69. The monoisotopic (exact) mass is 326 g/mol. The maximum absolute atomic E-state index is 12.7. The van der Waals surface area contributed by atoms with Gasteiger partial charge in [-0.3, -0.25) is 9.59 Å². The van der Waals surface area contributed by atoms with E-state index >= 15 is 0 Å². The normalized spacial score (nSPS) is 10.5. The van der Waals surface area contributed by atoms with Crippen molar-refractivity contribution in [1.29, 1.82) is 0 Å². The highest BCUT2D eigenvalue weighted by atomic mass is 16.2. The number of amides is 2. The molecule has 3 aromatic heterocycles. The van der Waals surface area contributed by atoms with E-state index in [0.29, 0.717) is 11.6 Å². The fourth-order valence-corrected chi connectivity index (χ4v) is 2.04. The van der Waals surface area contributed by atoms with Crippen molar-refractivity contribution in [2.75, 3.05) is 0 Å². The molecule has 3 rings (SSSR count). The van der Waals surface area contributed by atoms with E-state index in [9.17, 15) is 9.59 Å². The number of rotatable bonds is 6. The lowest BCUT2D eigenvalue weighted by Gasteiger charge is -2.19. The molecule has 2 amide bonds. The molecule has 0 aliphatic heterocycles. The zero-order chi connectivity index (χ0) is 16.9. The zero-order valence-corrected chi connectivity index (χ0v) is 12.5. The minimum atomic E-state index is -0.656. The quantitative estimate of drug-likeness (QED) is 0.574. The molecule has 3 aromatic rings. The second-order valence-electron chi connectivity index (χ2n) is 4.89. The maximum Gasteiger partial charge on any atom is 0.292 e. The molecule has 0 spiro atoms. The number of nitrogens with two attached hydrogens (primary N) is 1. The van der Waals surface area contributed by atoms with Crippen LogP contribution < -0.4 is 5.73 Å². The molecule has 0 saturated heterocycles. The third-order valence-electron chi connectivity index (χ3n) is 3.21. The number of primary amides is 1. The SMILES string of the molecule is NC(=O)c1cnc(C(=O)N(Cc2ncc[nH]2)Cc2ncc[nH]2)nc1. The molecule has 0 aliphatic rings. The molecule has 0 atom stereocenters. The zero-order valence-electron chi connectivity index (χ0n) is 12.5. The lowest BCUT2D eigenvalue weighted by molar-refractivity contribution is 0.0708. The Bertz CT molecular complexity index is 775. The molecular formula is C14H14N8O2. The lowest BCUT2D eigenvalue weighted by atomic mass is 10.3. The number of nitrogens with one attached hydrogen (secondary N) is 2. The highest BCUT2D eigenvalue weighted by Crippen LogP contribution is 2.08. The maximum atomic E-state index is 12.7. The van der Waals surface area contributed by atoms with Gasteiger partial charge in [-0.15, -0.1) is 0 Å². The molecule has 0 aromatic carbocycles. The van der Waals surface area contributed by atoms with Crippen LogP contribution in [-0.2, 0) is 13.1 Å². The molecule has 10 heteroatoms. The number of hydrogen-bond donors (Lipinski definition) is 3. The Hall–Kier alpha value is -3.56. The van der Waals surface area contributed by atoms with Gasteiger partial charge in [0, 0.05) is 37.2 Å². The van der Waals surface area contributed by atoms with Crippen LogP contribution in [0.25, 0.3) is 0 Å². The van der Waals surface area contributed by atoms with E-state index in [-0.39, 0.29) is 24.5 Å². The number of nitrogens with zero attached hydrogens (tertiary/aromatic N) is 5. The Labute approximate surface area is 136 Å². The fraction of sp³-hybridized carbons (Fsp3) is 0.143. The third kappa shape index (κ3) is 3.43. The van der Waals surface area contributed by atoms with Crippen LogP contribution in [0.5, 0.6) is 0 Å². The number of H-pyrrole nitrogens is 2. The van der Waals surface area contributed by atoms with Gasteiger partial charge in [0.15, 0.2) is 0 Å². The van der Waals surface area contributed by atoms with Crippen molar-refractivity contribution >= 4 is 11.8 Å². The Kier molecular flexibility index (Phi) is 4.27. The summed E-state index contributed by atoms with van der Waals surface area (Å²) in [6.07, 6.45) is 8.99. The van der Waals surface area contributed by atoms with Gasteiger partial charge in [0.05, 0.1) is 18.7 Å². The molecule has 24 heavy (non-hydrogen) atoms. The van der Waals surface area contributed by atoms with Crippen LogP contribution >= 0.6 is 0 Å². The Balaban J connectivity index is 1.82. The molecule has 0 fully saturated rings. The number of carbonyl (C=O) groups excluding carboxylic acids is 2. The predicted molar refractivity (Wildman–Crippen MR) is 81.3 cm³/mol. The van der Waals surface area contributed by atoms with E-state index in [4.69, 9.17) is 5.73 Å². The van der Waals surface area contributed by atoms with Gasteiger partial charge in [0.25, 0.3) is 11.8 Å². The Morgan fingerprint density at radius 2 is 1.50 bits per heavy atom. The molecule has 0 bridgehead atoms. The topological polar surface area (TPSA) is 147 Å². The van der Waals surface area contributed by atoms with Crippen molar-refractivity contribution in [3.8, 4) is 0 Å². The van der Waals surface area contributed by atoms with E-state index in [1.165, 1.54) is 17.3 Å². The van der Waals surface area contributed by atoms with Gasteiger partial charge >= 0.3 is 0 Å². The number of imidazole rings is 2. The van der Waals surface area contributed by atoms with E-state index in [0.717, 1.165) is 0 Å². The molecule has 3 heterocycles. The highest BCUT2D eigenvalue weighted by molar-refractivity contribution is 5.93. The summed E-state index contributed by atoms with van der Waals surface area (Å²) in [6.45, 7) is 0.459. The van der Waals surface area contributed by atoms with Gasteiger partial charge in [0.2, 0.25) is 5.82 Å². The third-order valence-corrected chi connectivity index (χ3v) is 3.21. The summed E-state index contributed by atoms with van der Waals surface area (Å²) in [5.74, 6) is 0.112. The van der Waals surface area contributed by atoms with E-state index < -0.39 is 11.8 Å². The van der Waals surface area contributed by atoms with Crippen LogP contribution in [0, 0.1) is 0 Å². The Morgan fingerprint density at radius 3 is 1.92 bits per heavy atom. The van der Waals surface area contributed by atoms with E-state index in [2.05, 4.69) is 29.9 Å². The minimum Gasteiger partial charge on any atom is -0.366 e. The van der Waals surface area contributed by atoms with Crippen molar-refractivity contribution in [2.24, 2.45) is 5.73 Å². The van der Waals surface area contributed by atoms with Gasteiger partial charge in [-0.2, -0.15) is 0 Å². The van der Waals surface area contributed by atoms with Gasteiger partial charge in [-0.1, -0.05) is 0 Å². The summed E-state index contributed by atoms with van der Waals surface area (Å²) in [4.78, 5) is 47.2. The summed E-state index contributed by atoms with van der Waals surface area (Å²) in [5.41, 5.74) is 5.28. The average molecular weight is 326 g/mol. The molecule has 0 aliphatic carbocycles. The first kappa shape index (κ1) is 15.3.